The molecule has 0 saturated heterocycles. The first-order valence-corrected chi connectivity index (χ1v) is 11.7. The molecule has 0 fully saturated rings. The number of pyridine rings is 1. The Bertz CT molecular complexity index is 1570. The van der Waals surface area contributed by atoms with E-state index in [1.54, 1.807) is 6.07 Å². The van der Waals surface area contributed by atoms with E-state index < -0.39 is 49.2 Å². The number of sulfonamides is 1. The first kappa shape index (κ1) is 23.8. The number of aromatic hydroxyl groups is 1. The van der Waals surface area contributed by atoms with Crippen LogP contribution in [-0.4, -0.2) is 24.0 Å². The molecule has 0 spiro atoms. The molecule has 2 N–H and O–H groups in total. The number of carbonyl (C=O) groups excluding carboxylic acids is 1. The molecule has 0 unspecified atom stereocenters. The number of carbonyl (C=O) groups is 1. The van der Waals surface area contributed by atoms with E-state index in [4.69, 9.17) is 0 Å². The summed E-state index contributed by atoms with van der Waals surface area (Å²) >= 11 is 0. The molecule has 1 aromatic heterocycles. The molecule has 4 rings (SSSR count). The summed E-state index contributed by atoms with van der Waals surface area (Å²) in [6.07, 6.45) is 2.16. The highest BCUT2D eigenvalue weighted by Crippen LogP contribution is 2.24. The van der Waals surface area contributed by atoms with Crippen LogP contribution in [0.4, 0.5) is 8.78 Å². The topological polar surface area (TPSA) is 105 Å². The quantitative estimate of drug-likeness (QED) is 0.424. The zero-order valence-corrected chi connectivity index (χ0v) is 18.8. The van der Waals surface area contributed by atoms with Gasteiger partial charge in [-0.15, -0.1) is 0 Å². The molecule has 3 aromatic carbocycles. The van der Waals surface area contributed by atoms with Crippen molar-refractivity contribution in [1.29, 1.82) is 0 Å². The second-order valence-corrected chi connectivity index (χ2v) is 9.19. The molecule has 0 aliphatic rings. The van der Waals surface area contributed by atoms with Crippen LogP contribution < -0.4 is 10.2 Å². The first-order valence-electron chi connectivity index (χ1n) is 10.2. The summed E-state index contributed by atoms with van der Waals surface area (Å²) in [5, 5.41) is 10.1. The molecule has 4 aromatic rings. The average Bonchev–Trinajstić information content (AvgIpc) is 2.81. The van der Waals surface area contributed by atoms with Crippen molar-refractivity contribution >= 4 is 15.9 Å². The summed E-state index contributed by atoms with van der Waals surface area (Å²) in [7, 11) is -4.99. The van der Waals surface area contributed by atoms with Crippen molar-refractivity contribution in [3.63, 3.8) is 0 Å². The maximum Gasteiger partial charge on any atom is 0.270 e. The summed E-state index contributed by atoms with van der Waals surface area (Å²) in [5.41, 5.74) is 0.718. The lowest BCUT2D eigenvalue weighted by Crippen LogP contribution is -2.35. The Morgan fingerprint density at radius 1 is 0.886 bits per heavy atom. The molecule has 0 saturated carbocycles. The van der Waals surface area contributed by atoms with Crippen LogP contribution in [0.2, 0.25) is 0 Å². The van der Waals surface area contributed by atoms with E-state index in [0.717, 1.165) is 35.2 Å². The Hall–Kier alpha value is -4.31. The lowest BCUT2D eigenvalue weighted by molar-refractivity contribution is 0.0979. The highest BCUT2D eigenvalue weighted by Gasteiger charge is 2.28. The maximum absolute atomic E-state index is 14.0. The Labute approximate surface area is 199 Å². The third-order valence-corrected chi connectivity index (χ3v) is 6.56. The zero-order chi connectivity index (χ0) is 25.2. The molecule has 10 heteroatoms. The Kier molecular flexibility index (Phi) is 6.48. The van der Waals surface area contributed by atoms with Crippen molar-refractivity contribution < 1.29 is 27.1 Å². The average molecular weight is 496 g/mol. The maximum atomic E-state index is 14.0. The molecule has 0 bridgehead atoms. The lowest BCUT2D eigenvalue weighted by atomic mass is 9.99. The van der Waals surface area contributed by atoms with E-state index >= 15 is 0 Å². The SMILES string of the molecule is O=C(NS(=O)(=O)c1c(F)cccc1F)c1cn(Cc2ccccc2-c2ccccc2)cc(O)c1=O. The Balaban J connectivity index is 1.69. The number of halogens is 2. The second-order valence-electron chi connectivity index (χ2n) is 7.57. The van der Waals surface area contributed by atoms with Gasteiger partial charge < -0.3 is 9.67 Å². The molecule has 178 valence electrons. The summed E-state index contributed by atoms with van der Waals surface area (Å²) in [6, 6.07) is 19.2. The third-order valence-electron chi connectivity index (χ3n) is 5.17. The molecule has 1 heterocycles. The summed E-state index contributed by atoms with van der Waals surface area (Å²) in [6.45, 7) is 0.119. The van der Waals surface area contributed by atoms with Gasteiger partial charge in [-0.25, -0.2) is 21.9 Å². The molecule has 35 heavy (non-hydrogen) atoms. The normalized spacial score (nSPS) is 11.3. The van der Waals surface area contributed by atoms with Gasteiger partial charge in [0.05, 0.1) is 6.20 Å². The smallest absolute Gasteiger partial charge is 0.270 e. The highest BCUT2D eigenvalue weighted by atomic mass is 32.2. The minimum Gasteiger partial charge on any atom is -0.503 e. The van der Waals surface area contributed by atoms with Crippen molar-refractivity contribution in [3.05, 3.63) is 118 Å². The van der Waals surface area contributed by atoms with Crippen LogP contribution in [0.5, 0.6) is 5.75 Å². The number of rotatable bonds is 6. The van der Waals surface area contributed by atoms with Gasteiger partial charge in [-0.05, 0) is 28.8 Å². The van der Waals surface area contributed by atoms with Crippen molar-refractivity contribution in [2.45, 2.75) is 11.4 Å². The molecular weight excluding hydrogens is 478 g/mol. The van der Waals surface area contributed by atoms with Gasteiger partial charge in [-0.1, -0.05) is 60.7 Å². The van der Waals surface area contributed by atoms with E-state index in [1.807, 2.05) is 48.5 Å². The van der Waals surface area contributed by atoms with Gasteiger partial charge in [0.1, 0.15) is 17.2 Å². The fourth-order valence-electron chi connectivity index (χ4n) is 3.59. The van der Waals surface area contributed by atoms with Crippen molar-refractivity contribution in [2.75, 3.05) is 0 Å². The van der Waals surface area contributed by atoms with Crippen LogP contribution >= 0.6 is 0 Å². The number of nitrogens with one attached hydrogen (secondary N) is 1. The van der Waals surface area contributed by atoms with E-state index in [1.165, 1.54) is 9.29 Å². The molecule has 0 aliphatic carbocycles. The van der Waals surface area contributed by atoms with E-state index in [9.17, 15) is 31.9 Å². The molecule has 0 radical (unpaired) electrons. The number of hydrogen-bond acceptors (Lipinski definition) is 5. The second kappa shape index (κ2) is 9.51. The molecule has 0 atom stereocenters. The van der Waals surface area contributed by atoms with Gasteiger partial charge in [0.15, 0.2) is 10.6 Å². The molecule has 1 amide bonds. The fourth-order valence-corrected chi connectivity index (χ4v) is 4.70. The minimum absolute atomic E-state index is 0.119. The molecule has 0 aliphatic heterocycles. The minimum atomic E-state index is -4.99. The number of nitrogens with zero attached hydrogens (tertiary/aromatic N) is 1. The largest absolute Gasteiger partial charge is 0.503 e. The fraction of sp³-hybridized carbons (Fsp3) is 0.0400. The number of amides is 1. The molecular formula is C25H18F2N2O5S. The third kappa shape index (κ3) is 4.97. The highest BCUT2D eigenvalue weighted by molar-refractivity contribution is 7.90. The van der Waals surface area contributed by atoms with Crippen LogP contribution in [0.15, 0.2) is 94.9 Å². The number of aromatic nitrogens is 1. The van der Waals surface area contributed by atoms with E-state index in [-0.39, 0.29) is 6.54 Å². The van der Waals surface area contributed by atoms with Gasteiger partial charge in [0.25, 0.3) is 15.9 Å². The predicted octanol–water partition coefficient (Wildman–Crippen LogP) is 3.67. The Morgan fingerprint density at radius 3 is 2.20 bits per heavy atom. The zero-order valence-electron chi connectivity index (χ0n) is 18.0. The van der Waals surface area contributed by atoms with Gasteiger partial charge in [-0.3, -0.25) is 9.59 Å². The van der Waals surface area contributed by atoms with Gasteiger partial charge in [0, 0.05) is 12.7 Å². The summed E-state index contributed by atoms with van der Waals surface area (Å²) in [5.74, 6) is -5.06. The lowest BCUT2D eigenvalue weighted by Gasteiger charge is -2.14. The summed E-state index contributed by atoms with van der Waals surface area (Å²) in [4.78, 5) is 23.7. The van der Waals surface area contributed by atoms with E-state index in [0.29, 0.717) is 12.1 Å². The van der Waals surface area contributed by atoms with Crippen LogP contribution in [0.25, 0.3) is 11.1 Å². The molecule has 7 nitrogen and oxygen atoms in total. The predicted molar refractivity (Wildman–Crippen MR) is 124 cm³/mol. The van der Waals surface area contributed by atoms with Crippen molar-refractivity contribution in [2.24, 2.45) is 0 Å². The van der Waals surface area contributed by atoms with Gasteiger partial charge >= 0.3 is 0 Å². The Morgan fingerprint density at radius 2 is 1.51 bits per heavy atom. The van der Waals surface area contributed by atoms with Gasteiger partial charge in [0.2, 0.25) is 5.43 Å². The standard InChI is InChI=1S/C25H18F2N2O5S/c26-20-11-6-12-21(27)24(20)35(33,34)28-25(32)19-14-29(15-22(30)23(19)31)13-17-9-4-5-10-18(17)16-7-2-1-3-8-16/h1-12,14-15,30H,13H2,(H,28,32). The van der Waals surface area contributed by atoms with Crippen molar-refractivity contribution in [1.82, 2.24) is 9.29 Å². The van der Waals surface area contributed by atoms with Gasteiger partial charge in [-0.2, -0.15) is 0 Å². The summed E-state index contributed by atoms with van der Waals surface area (Å²) < 4.78 is 55.6. The first-order chi connectivity index (χ1) is 16.7. The van der Waals surface area contributed by atoms with Crippen LogP contribution in [0.1, 0.15) is 15.9 Å². The van der Waals surface area contributed by atoms with Crippen molar-refractivity contribution in [3.8, 4) is 16.9 Å². The number of benzene rings is 3. The monoisotopic (exact) mass is 496 g/mol. The van der Waals surface area contributed by atoms with Crippen LogP contribution in [0, 0.1) is 11.6 Å². The van der Waals surface area contributed by atoms with E-state index in [2.05, 4.69) is 0 Å². The van der Waals surface area contributed by atoms with Crippen LogP contribution in [-0.2, 0) is 16.6 Å². The number of hydrogen-bond donors (Lipinski definition) is 2. The van der Waals surface area contributed by atoms with Crippen LogP contribution in [0.3, 0.4) is 0 Å².